The van der Waals surface area contributed by atoms with Crippen molar-refractivity contribution >= 4 is 0 Å². The van der Waals surface area contributed by atoms with Crippen LogP contribution in [0.1, 0.15) is 90.4 Å². The molecule has 0 amide bonds. The lowest BCUT2D eigenvalue weighted by Gasteiger charge is -2.45. The lowest BCUT2D eigenvalue weighted by molar-refractivity contribution is -0.118. The standard InChI is InChI=1S/C26H42F4O/c1-16-2-4-17(5-3-16)18-6-8-19(9-7-18)20-10-11-22(23(28)12-20)21-13-24(29)26(31-15-27)25(30)14-21/h16-26H,2-15H2,1H3. The highest BCUT2D eigenvalue weighted by atomic mass is 19.2. The first-order chi connectivity index (χ1) is 15.0. The smallest absolute Gasteiger partial charge is 0.188 e. The van der Waals surface area contributed by atoms with Crippen molar-refractivity contribution in [1.29, 1.82) is 0 Å². The van der Waals surface area contributed by atoms with Gasteiger partial charge in [0.05, 0.1) is 0 Å². The van der Waals surface area contributed by atoms with E-state index in [2.05, 4.69) is 11.7 Å². The van der Waals surface area contributed by atoms with E-state index in [1.807, 2.05) is 0 Å². The van der Waals surface area contributed by atoms with Crippen molar-refractivity contribution in [2.75, 3.05) is 6.86 Å². The average Bonchev–Trinajstić information content (AvgIpc) is 2.77. The van der Waals surface area contributed by atoms with Crippen molar-refractivity contribution in [3.63, 3.8) is 0 Å². The fourth-order valence-electron chi connectivity index (χ4n) is 7.77. The molecule has 0 heterocycles. The van der Waals surface area contributed by atoms with Crippen molar-refractivity contribution in [2.24, 2.45) is 41.4 Å². The third-order valence-electron chi connectivity index (χ3n) is 9.70. The molecule has 1 nitrogen and oxygen atoms in total. The van der Waals surface area contributed by atoms with E-state index in [1.165, 1.54) is 51.4 Å². The van der Waals surface area contributed by atoms with Crippen LogP contribution in [0.5, 0.6) is 0 Å². The minimum absolute atomic E-state index is 0.103. The number of rotatable bonds is 5. The van der Waals surface area contributed by atoms with Crippen LogP contribution >= 0.6 is 0 Å². The molecule has 0 aromatic rings. The molecule has 4 rings (SSSR count). The topological polar surface area (TPSA) is 9.23 Å². The number of hydrogen-bond acceptors (Lipinski definition) is 1. The van der Waals surface area contributed by atoms with E-state index in [9.17, 15) is 13.2 Å². The fraction of sp³-hybridized carbons (Fsp3) is 1.00. The molecule has 5 unspecified atom stereocenters. The molecule has 0 aromatic carbocycles. The third-order valence-corrected chi connectivity index (χ3v) is 9.70. The van der Waals surface area contributed by atoms with Gasteiger partial charge in [-0.05, 0) is 112 Å². The van der Waals surface area contributed by atoms with E-state index in [0.717, 1.165) is 30.6 Å². The van der Waals surface area contributed by atoms with E-state index in [-0.39, 0.29) is 24.7 Å². The Labute approximate surface area is 186 Å². The third kappa shape index (κ3) is 5.61. The van der Waals surface area contributed by atoms with Crippen LogP contribution < -0.4 is 0 Å². The second kappa shape index (κ2) is 10.7. The summed E-state index contributed by atoms with van der Waals surface area (Å²) in [5.41, 5.74) is 0. The number of halogens is 4. The molecule has 0 saturated heterocycles. The minimum atomic E-state index is -1.53. The Morgan fingerprint density at radius 2 is 1.03 bits per heavy atom. The minimum Gasteiger partial charge on any atom is -0.341 e. The van der Waals surface area contributed by atoms with Gasteiger partial charge in [0.2, 0.25) is 0 Å². The highest BCUT2D eigenvalue weighted by Crippen LogP contribution is 2.49. The van der Waals surface area contributed by atoms with Crippen molar-refractivity contribution in [2.45, 2.75) is 115 Å². The van der Waals surface area contributed by atoms with Crippen LogP contribution in [0.3, 0.4) is 0 Å². The summed E-state index contributed by atoms with van der Waals surface area (Å²) < 4.78 is 60.9. The zero-order chi connectivity index (χ0) is 22.0. The van der Waals surface area contributed by atoms with Gasteiger partial charge >= 0.3 is 0 Å². The Morgan fingerprint density at radius 3 is 1.55 bits per heavy atom. The van der Waals surface area contributed by atoms with E-state index >= 15 is 4.39 Å². The van der Waals surface area contributed by atoms with Crippen LogP contribution in [0.25, 0.3) is 0 Å². The van der Waals surface area contributed by atoms with Gasteiger partial charge in [0.1, 0.15) is 24.6 Å². The van der Waals surface area contributed by atoms with Gasteiger partial charge in [-0.2, -0.15) is 0 Å². The molecule has 31 heavy (non-hydrogen) atoms. The van der Waals surface area contributed by atoms with Gasteiger partial charge in [-0.1, -0.05) is 19.8 Å². The van der Waals surface area contributed by atoms with E-state index in [4.69, 9.17) is 0 Å². The Kier molecular flexibility index (Phi) is 8.25. The molecular weight excluding hydrogens is 404 g/mol. The van der Waals surface area contributed by atoms with Crippen LogP contribution in [-0.4, -0.2) is 31.5 Å². The van der Waals surface area contributed by atoms with Crippen molar-refractivity contribution in [1.82, 2.24) is 0 Å². The molecule has 0 aliphatic heterocycles. The van der Waals surface area contributed by atoms with Crippen LogP contribution in [0.4, 0.5) is 17.6 Å². The zero-order valence-corrected chi connectivity index (χ0v) is 19.2. The summed E-state index contributed by atoms with van der Waals surface area (Å²) in [4.78, 5) is 0. The summed E-state index contributed by atoms with van der Waals surface area (Å²) in [6.45, 7) is 1.21. The summed E-state index contributed by atoms with van der Waals surface area (Å²) in [6, 6.07) is 0. The largest absolute Gasteiger partial charge is 0.341 e. The molecule has 0 bridgehead atoms. The maximum atomic E-state index is 15.2. The average molecular weight is 447 g/mol. The zero-order valence-electron chi connectivity index (χ0n) is 19.2. The Bertz CT molecular complexity index is 532. The monoisotopic (exact) mass is 446 g/mol. The fourth-order valence-corrected chi connectivity index (χ4v) is 7.77. The van der Waals surface area contributed by atoms with Gasteiger partial charge in [0, 0.05) is 0 Å². The van der Waals surface area contributed by atoms with Gasteiger partial charge in [-0.15, -0.1) is 0 Å². The first-order valence-corrected chi connectivity index (χ1v) is 13.1. The molecule has 5 heteroatoms. The number of hydrogen-bond donors (Lipinski definition) is 0. The molecule has 5 atom stereocenters. The lowest BCUT2D eigenvalue weighted by atomic mass is 9.63. The van der Waals surface area contributed by atoms with Crippen LogP contribution in [0.2, 0.25) is 0 Å². The van der Waals surface area contributed by atoms with Gasteiger partial charge in [-0.25, -0.2) is 17.6 Å². The molecule has 4 aliphatic carbocycles. The van der Waals surface area contributed by atoms with E-state index in [1.54, 1.807) is 0 Å². The maximum absolute atomic E-state index is 15.2. The molecule has 0 radical (unpaired) electrons. The summed E-state index contributed by atoms with van der Waals surface area (Å²) in [7, 11) is 0. The van der Waals surface area contributed by atoms with Crippen molar-refractivity contribution in [3.8, 4) is 0 Å². The van der Waals surface area contributed by atoms with Gasteiger partial charge in [0.15, 0.2) is 6.86 Å². The molecule has 0 aromatic heterocycles. The SMILES string of the molecule is CC1CCC(C2CCC(C3CCC(C4CC(F)C(OCF)C(F)C4)C(F)C3)CC2)CC1. The predicted molar refractivity (Wildman–Crippen MR) is 116 cm³/mol. The quantitative estimate of drug-likeness (QED) is 0.392. The van der Waals surface area contributed by atoms with Gasteiger partial charge < -0.3 is 4.74 Å². The molecular formula is C26H42F4O. The van der Waals surface area contributed by atoms with E-state index < -0.39 is 31.5 Å². The molecule has 0 spiro atoms. The molecule has 0 N–H and O–H groups in total. The Morgan fingerprint density at radius 1 is 0.581 bits per heavy atom. The number of ether oxygens (including phenoxy) is 1. The molecule has 4 saturated carbocycles. The highest BCUT2D eigenvalue weighted by molar-refractivity contribution is 4.95. The molecule has 4 fully saturated rings. The summed E-state index contributed by atoms with van der Waals surface area (Å²) >= 11 is 0. The normalized spacial score (nSPS) is 49.6. The summed E-state index contributed by atoms with van der Waals surface area (Å²) in [5.74, 6) is 3.23. The van der Waals surface area contributed by atoms with Crippen LogP contribution in [-0.2, 0) is 4.74 Å². The summed E-state index contributed by atoms with van der Waals surface area (Å²) in [5, 5.41) is 0. The second-order valence-electron chi connectivity index (χ2n) is 11.5. The summed E-state index contributed by atoms with van der Waals surface area (Å²) in [6.07, 6.45) is 7.84. The first-order valence-electron chi connectivity index (χ1n) is 13.1. The molecule has 4 aliphatic rings. The first kappa shape index (κ1) is 23.8. The highest BCUT2D eigenvalue weighted by Gasteiger charge is 2.46. The predicted octanol–water partition coefficient (Wildman–Crippen LogP) is 7.77. The van der Waals surface area contributed by atoms with E-state index in [0.29, 0.717) is 18.3 Å². The Balaban J connectivity index is 1.24. The lowest BCUT2D eigenvalue weighted by Crippen LogP contribution is -2.46. The second-order valence-corrected chi connectivity index (χ2v) is 11.5. The molecule has 180 valence electrons. The van der Waals surface area contributed by atoms with Crippen LogP contribution in [0, 0.1) is 41.4 Å². The van der Waals surface area contributed by atoms with Crippen molar-refractivity contribution in [3.05, 3.63) is 0 Å². The Hall–Kier alpha value is -0.320. The van der Waals surface area contributed by atoms with Crippen molar-refractivity contribution < 1.29 is 22.3 Å². The van der Waals surface area contributed by atoms with Gasteiger partial charge in [0.25, 0.3) is 0 Å². The van der Waals surface area contributed by atoms with Crippen LogP contribution in [0.15, 0.2) is 0 Å². The maximum Gasteiger partial charge on any atom is 0.188 e. The number of alkyl halides is 4. The van der Waals surface area contributed by atoms with Gasteiger partial charge in [-0.3, -0.25) is 0 Å².